The first-order valence-corrected chi connectivity index (χ1v) is 2.52. The van der Waals surface area contributed by atoms with E-state index in [4.69, 9.17) is 0 Å². The van der Waals surface area contributed by atoms with Gasteiger partial charge in [-0.2, -0.15) is 30.3 Å². The van der Waals surface area contributed by atoms with Crippen LogP contribution in [0.3, 0.4) is 0 Å². The first-order valence-electron chi connectivity index (χ1n) is 2.52. The van der Waals surface area contributed by atoms with E-state index in [1.807, 2.05) is 30.3 Å². The molecule has 0 heterocycles. The maximum atomic E-state index is 3.62. The number of hydrogen-bond donors (Lipinski definition) is 0. The molecule has 1 aromatic rings. The number of hydrogen-bond acceptors (Lipinski definition) is 0. The molecule has 0 N–H and O–H groups in total. The van der Waals surface area contributed by atoms with Gasteiger partial charge in [0.2, 0.25) is 0 Å². The van der Waals surface area contributed by atoms with Crippen LogP contribution >= 0.6 is 0 Å². The minimum absolute atomic E-state index is 0. The molecule has 0 radical (unpaired) electrons. The molecule has 0 aromatic heterocycles. The van der Waals surface area contributed by atoms with Gasteiger partial charge >= 0.3 is 23.1 Å². The normalized spacial score (nSPS) is 6.80. The second kappa shape index (κ2) is 7.31. The molecule has 0 aliphatic carbocycles. The molecule has 0 unspecified atom stereocenters. The second-order valence-electron chi connectivity index (χ2n) is 1.54. The average molecular weight is 207 g/mol. The van der Waals surface area contributed by atoms with E-state index in [0.29, 0.717) is 0 Å². The molecule has 10 heavy (non-hydrogen) atoms. The van der Waals surface area contributed by atoms with Gasteiger partial charge in [0.25, 0.3) is 0 Å². The zero-order chi connectivity index (χ0) is 5.82. The summed E-state index contributed by atoms with van der Waals surface area (Å²) in [6.45, 7) is 3.62. The molecule has 0 fully saturated rings. The molecule has 0 aliphatic rings. The van der Waals surface area contributed by atoms with Crippen molar-refractivity contribution in [1.29, 1.82) is 0 Å². The fourth-order valence-corrected chi connectivity index (χ4v) is 0.536. The van der Waals surface area contributed by atoms with Gasteiger partial charge in [-0.15, -0.1) is 12.1 Å². The summed E-state index contributed by atoms with van der Waals surface area (Å²) < 4.78 is 0. The van der Waals surface area contributed by atoms with Crippen molar-refractivity contribution in [3.8, 4) is 0 Å². The van der Waals surface area contributed by atoms with E-state index < -0.39 is 0 Å². The third kappa shape index (κ3) is 4.09. The number of benzene rings is 1. The fourth-order valence-electron chi connectivity index (χ4n) is 0.536. The molecular weight excluding hydrogens is 200 g/mol. The van der Waals surface area contributed by atoms with E-state index in [-0.39, 0.29) is 40.0 Å². The summed E-state index contributed by atoms with van der Waals surface area (Å²) in [6.07, 6.45) is 1.81. The van der Waals surface area contributed by atoms with Gasteiger partial charge in [-0.05, 0) is 0 Å². The van der Waals surface area contributed by atoms with Crippen LogP contribution in [-0.2, 0) is 0 Å². The summed E-state index contributed by atoms with van der Waals surface area (Å²) in [5, 5.41) is 0. The van der Waals surface area contributed by atoms with Gasteiger partial charge in [-0.3, -0.25) is 0 Å². The topological polar surface area (TPSA) is 0 Å². The van der Waals surface area contributed by atoms with Crippen LogP contribution in [0.5, 0.6) is 0 Å². The molecule has 1 rings (SSSR count). The molecule has 48 valence electrons. The summed E-state index contributed by atoms with van der Waals surface area (Å²) in [4.78, 5) is 0. The van der Waals surface area contributed by atoms with Crippen molar-refractivity contribution < 1.29 is 17.0 Å². The Labute approximate surface area is 88.3 Å². The van der Waals surface area contributed by atoms with Crippen molar-refractivity contribution in [1.82, 2.24) is 0 Å². The van der Waals surface area contributed by atoms with Gasteiger partial charge in [-0.25, -0.2) is 0 Å². The molecule has 0 amide bonds. The van der Waals surface area contributed by atoms with Gasteiger partial charge < -0.3 is 17.0 Å². The first kappa shape index (κ1) is 12.8. The van der Waals surface area contributed by atoms with E-state index in [0.717, 1.165) is 5.56 Å². The Morgan fingerprint density at radius 1 is 1.30 bits per heavy atom. The average Bonchev–Trinajstić information content (AvgIpc) is 1.90. The van der Waals surface area contributed by atoms with Gasteiger partial charge in [0.1, 0.15) is 0 Å². The molecule has 0 atom stereocenters. The molecule has 0 spiro atoms. The molecule has 0 saturated heterocycles. The van der Waals surface area contributed by atoms with Crippen LogP contribution in [0.15, 0.2) is 30.8 Å². The fraction of sp³-hybridized carbons (Fsp3) is 0. The van der Waals surface area contributed by atoms with E-state index >= 15 is 0 Å². The number of rotatable bonds is 1. The first-order chi connectivity index (χ1) is 3.93. The van der Waals surface area contributed by atoms with Gasteiger partial charge in [0, 0.05) is 0 Å². The molecule has 2 heteroatoms. The zero-order valence-electron chi connectivity index (χ0n) is 5.68. The summed E-state index contributed by atoms with van der Waals surface area (Å²) in [6, 6.07) is 10.6. The summed E-state index contributed by atoms with van der Waals surface area (Å²) in [5.74, 6) is 0. The Hall–Kier alpha value is 0.206. The van der Waals surface area contributed by atoms with Gasteiger partial charge in [0.15, 0.2) is 0 Å². The van der Waals surface area contributed by atoms with Crippen LogP contribution in [0, 0.1) is 6.07 Å². The van der Waals surface area contributed by atoms with Gasteiger partial charge in [0.05, 0.1) is 0 Å². The summed E-state index contributed by atoms with van der Waals surface area (Å²) in [5.41, 5.74) is 1.14. The third-order valence-electron chi connectivity index (χ3n) is 0.980. The third-order valence-corrected chi connectivity index (χ3v) is 0.980. The van der Waals surface area contributed by atoms with Crippen molar-refractivity contribution >= 4 is 29.1 Å². The predicted molar refractivity (Wildman–Crippen MR) is 41.1 cm³/mol. The predicted octanol–water partition coefficient (Wildman–Crippen LogP) is -1.25. The Morgan fingerprint density at radius 3 is 2.10 bits per heavy atom. The quantitative estimate of drug-likeness (QED) is 0.399. The van der Waals surface area contributed by atoms with Crippen LogP contribution < -0.4 is 17.0 Å². The van der Waals surface area contributed by atoms with Crippen molar-refractivity contribution in [2.75, 3.05) is 0 Å². The Balaban J connectivity index is 0. The monoisotopic (exact) mass is 206 g/mol. The Kier molecular flexibility index (Phi) is 9.40. The molecular formula is C8H7BrMg. The number of halogens is 1. The zero-order valence-corrected chi connectivity index (χ0v) is 8.68. The van der Waals surface area contributed by atoms with E-state index in [9.17, 15) is 0 Å². The SMILES string of the molecule is C=Cc1cc[c-]cc1.[Br-].[Mg+2]. The Bertz CT molecular complexity index is 172. The second-order valence-corrected chi connectivity index (χ2v) is 1.54. The maximum absolute atomic E-state index is 3.62. The van der Waals surface area contributed by atoms with Crippen molar-refractivity contribution in [2.45, 2.75) is 0 Å². The van der Waals surface area contributed by atoms with E-state index in [2.05, 4.69) is 12.6 Å². The van der Waals surface area contributed by atoms with E-state index in [1.54, 1.807) is 0 Å². The molecule has 1 aromatic carbocycles. The van der Waals surface area contributed by atoms with Crippen molar-refractivity contribution in [2.24, 2.45) is 0 Å². The molecule has 0 bridgehead atoms. The standard InChI is InChI=1S/C8H7.BrH.Mg/c1-2-8-6-4-3-5-7-8;;/h2,4-7H,1H2;1H;/q-1;;+2/p-1. The van der Waals surface area contributed by atoms with Crippen LogP contribution in [0.4, 0.5) is 0 Å². The van der Waals surface area contributed by atoms with Crippen LogP contribution in [0.1, 0.15) is 5.56 Å². The minimum Gasteiger partial charge on any atom is -1.00 e. The maximum Gasteiger partial charge on any atom is 2.00 e. The largest absolute Gasteiger partial charge is 2.00 e. The Morgan fingerprint density at radius 2 is 1.80 bits per heavy atom. The summed E-state index contributed by atoms with van der Waals surface area (Å²) in [7, 11) is 0. The minimum atomic E-state index is 0. The van der Waals surface area contributed by atoms with E-state index in [1.165, 1.54) is 0 Å². The smallest absolute Gasteiger partial charge is 1.00 e. The van der Waals surface area contributed by atoms with Crippen molar-refractivity contribution in [3.63, 3.8) is 0 Å². The van der Waals surface area contributed by atoms with Crippen LogP contribution in [0.2, 0.25) is 0 Å². The summed E-state index contributed by atoms with van der Waals surface area (Å²) >= 11 is 0. The molecule has 0 saturated carbocycles. The molecule has 0 aliphatic heterocycles. The van der Waals surface area contributed by atoms with Crippen LogP contribution in [0.25, 0.3) is 6.08 Å². The molecule has 0 nitrogen and oxygen atoms in total. The van der Waals surface area contributed by atoms with Gasteiger partial charge in [-0.1, -0.05) is 6.08 Å². The van der Waals surface area contributed by atoms with Crippen molar-refractivity contribution in [3.05, 3.63) is 42.5 Å². The van der Waals surface area contributed by atoms with Crippen LogP contribution in [-0.4, -0.2) is 23.1 Å².